The van der Waals surface area contributed by atoms with E-state index in [0.717, 1.165) is 53.1 Å². The van der Waals surface area contributed by atoms with E-state index in [2.05, 4.69) is 38.5 Å². The number of nitrogens with one attached hydrogen (secondary N) is 1. The number of thiophene rings is 1. The van der Waals surface area contributed by atoms with Gasteiger partial charge in [-0.05, 0) is 55.0 Å². The van der Waals surface area contributed by atoms with E-state index in [1.807, 2.05) is 6.21 Å². The average molecular weight is 434 g/mol. The Labute approximate surface area is 183 Å². The van der Waals surface area contributed by atoms with Gasteiger partial charge >= 0.3 is 0 Å². The molecule has 1 atom stereocenters. The number of β-amino-alcohol motifs (C(OH)–C–C–N with tert-alkyl or cyclic N) is 1. The smallest absolute Gasteiger partial charge is 0.226 e. The van der Waals surface area contributed by atoms with Crippen molar-refractivity contribution in [3.63, 3.8) is 0 Å². The Hall–Kier alpha value is -2.84. The number of aliphatic hydroxyl groups is 1. The van der Waals surface area contributed by atoms with E-state index in [1.165, 1.54) is 16.0 Å². The van der Waals surface area contributed by atoms with Crippen molar-refractivity contribution < 1.29 is 9.90 Å². The highest BCUT2D eigenvalue weighted by atomic mass is 32.1. The van der Waals surface area contributed by atoms with Crippen molar-refractivity contribution in [3.8, 4) is 0 Å². The molecule has 1 fully saturated rings. The van der Waals surface area contributed by atoms with Gasteiger partial charge in [0, 0.05) is 22.7 Å². The topological polar surface area (TPSA) is 90.7 Å². The molecule has 3 aromatic rings. The lowest BCUT2D eigenvalue weighted by Gasteiger charge is -2.45. The maximum absolute atomic E-state index is 12.9. The zero-order valence-electron chi connectivity index (χ0n) is 17.3. The summed E-state index contributed by atoms with van der Waals surface area (Å²) in [4.78, 5) is 30.2. The maximum Gasteiger partial charge on any atom is 0.226 e. The van der Waals surface area contributed by atoms with E-state index >= 15 is 0 Å². The SMILES string of the molecule is CC1(O)CN(C(=O)[C@H]2CCc3c(sc4ncnc(Nc5ccc6c(c5)C=NC6)c34)C2)C1. The molecule has 3 aliphatic rings. The van der Waals surface area contributed by atoms with E-state index in [9.17, 15) is 9.90 Å². The number of carbonyl (C=O) groups is 1. The number of benzene rings is 1. The van der Waals surface area contributed by atoms with Gasteiger partial charge in [-0.3, -0.25) is 9.79 Å². The highest BCUT2D eigenvalue weighted by Crippen LogP contribution is 2.41. The zero-order valence-corrected chi connectivity index (χ0v) is 18.1. The number of nitrogens with zero attached hydrogens (tertiary/aromatic N) is 4. The van der Waals surface area contributed by atoms with Crippen LogP contribution in [0.4, 0.5) is 11.5 Å². The van der Waals surface area contributed by atoms with Crippen LogP contribution in [0.25, 0.3) is 10.2 Å². The number of amides is 1. The summed E-state index contributed by atoms with van der Waals surface area (Å²) in [5.41, 5.74) is 3.91. The minimum absolute atomic E-state index is 0.0166. The average Bonchev–Trinajstić information content (AvgIpc) is 3.35. The number of carbonyl (C=O) groups excluding carboxylic acids is 1. The molecule has 2 aliphatic heterocycles. The molecule has 1 aromatic carbocycles. The van der Waals surface area contributed by atoms with E-state index in [1.54, 1.807) is 29.5 Å². The first kappa shape index (κ1) is 18.9. The molecule has 6 rings (SSSR count). The summed E-state index contributed by atoms with van der Waals surface area (Å²) in [5, 5.41) is 14.5. The second kappa shape index (κ2) is 6.83. The van der Waals surface area contributed by atoms with Crippen molar-refractivity contribution >= 4 is 45.2 Å². The molecule has 31 heavy (non-hydrogen) atoms. The van der Waals surface area contributed by atoms with Crippen LogP contribution >= 0.6 is 11.3 Å². The van der Waals surface area contributed by atoms with Gasteiger partial charge in [0.25, 0.3) is 0 Å². The van der Waals surface area contributed by atoms with Gasteiger partial charge in [-0.2, -0.15) is 0 Å². The van der Waals surface area contributed by atoms with Gasteiger partial charge < -0.3 is 15.3 Å². The third-order valence-corrected chi connectivity index (χ3v) is 7.63. The molecule has 4 heterocycles. The molecule has 0 spiro atoms. The summed E-state index contributed by atoms with van der Waals surface area (Å²) in [6.07, 6.45) is 5.92. The van der Waals surface area contributed by atoms with Gasteiger partial charge in [0.2, 0.25) is 5.91 Å². The van der Waals surface area contributed by atoms with Crippen molar-refractivity contribution in [1.82, 2.24) is 14.9 Å². The van der Waals surface area contributed by atoms with Crippen LogP contribution in [0.2, 0.25) is 0 Å². The van der Waals surface area contributed by atoms with E-state index in [4.69, 9.17) is 0 Å². The molecule has 2 aromatic heterocycles. The monoisotopic (exact) mass is 433 g/mol. The lowest BCUT2D eigenvalue weighted by atomic mass is 9.85. The number of anilines is 2. The van der Waals surface area contributed by atoms with Crippen LogP contribution in [0.1, 0.15) is 34.9 Å². The molecule has 0 radical (unpaired) electrons. The lowest BCUT2D eigenvalue weighted by molar-refractivity contribution is -0.156. The Morgan fingerprint density at radius 2 is 2.19 bits per heavy atom. The number of aryl methyl sites for hydroxylation is 1. The largest absolute Gasteiger partial charge is 0.386 e. The molecule has 1 aliphatic carbocycles. The first-order valence-corrected chi connectivity index (χ1v) is 11.4. The highest BCUT2D eigenvalue weighted by Gasteiger charge is 2.42. The Kier molecular flexibility index (Phi) is 4.16. The standard InChI is InChI=1S/C23H23N5O2S/c1-23(30)10-28(11-23)22(29)13-3-5-17-18(7-13)31-21-19(17)20(25-12-26-21)27-16-4-2-14-8-24-9-15(14)6-16/h2,4,6,9,12-13,30H,3,5,7-8,10-11H2,1H3,(H,25,26,27)/t13-/m0/s1. The highest BCUT2D eigenvalue weighted by molar-refractivity contribution is 7.19. The molecule has 7 nitrogen and oxygen atoms in total. The second-order valence-electron chi connectivity index (χ2n) is 9.05. The number of fused-ring (bicyclic) bond motifs is 4. The van der Waals surface area contributed by atoms with Crippen LogP contribution in [0.15, 0.2) is 29.5 Å². The van der Waals surface area contributed by atoms with Crippen molar-refractivity contribution in [2.24, 2.45) is 10.9 Å². The molecule has 158 valence electrons. The minimum Gasteiger partial charge on any atom is -0.386 e. The molecular formula is C23H23N5O2S. The molecule has 1 saturated heterocycles. The normalized spacial score (nSPS) is 21.0. The fourth-order valence-corrected chi connectivity index (χ4v) is 6.19. The quantitative estimate of drug-likeness (QED) is 0.663. The van der Waals surface area contributed by atoms with Crippen LogP contribution in [0.3, 0.4) is 0 Å². The zero-order chi connectivity index (χ0) is 21.2. The van der Waals surface area contributed by atoms with Crippen LogP contribution < -0.4 is 5.32 Å². The Balaban J connectivity index is 1.28. The predicted molar refractivity (Wildman–Crippen MR) is 121 cm³/mol. The number of hydrogen-bond donors (Lipinski definition) is 2. The predicted octanol–water partition coefficient (Wildman–Crippen LogP) is 3.07. The number of likely N-dealkylation sites (tertiary alicyclic amines) is 1. The van der Waals surface area contributed by atoms with Gasteiger partial charge in [0.05, 0.1) is 30.6 Å². The maximum atomic E-state index is 12.9. The van der Waals surface area contributed by atoms with Gasteiger partial charge in [0.1, 0.15) is 17.0 Å². The summed E-state index contributed by atoms with van der Waals surface area (Å²) in [6.45, 7) is 3.41. The third-order valence-electron chi connectivity index (χ3n) is 6.47. The van der Waals surface area contributed by atoms with Gasteiger partial charge in [0.15, 0.2) is 0 Å². The molecular weight excluding hydrogens is 410 g/mol. The van der Waals surface area contributed by atoms with E-state index in [0.29, 0.717) is 13.1 Å². The van der Waals surface area contributed by atoms with E-state index < -0.39 is 5.60 Å². The Bertz CT molecular complexity index is 1240. The first-order valence-electron chi connectivity index (χ1n) is 10.6. The molecule has 0 unspecified atom stereocenters. The summed E-state index contributed by atoms with van der Waals surface area (Å²) >= 11 is 1.67. The summed E-state index contributed by atoms with van der Waals surface area (Å²) in [6, 6.07) is 6.28. The molecule has 1 amide bonds. The van der Waals surface area contributed by atoms with Crippen molar-refractivity contribution in [2.75, 3.05) is 18.4 Å². The lowest BCUT2D eigenvalue weighted by Crippen LogP contribution is -2.63. The number of aromatic nitrogens is 2. The van der Waals surface area contributed by atoms with Gasteiger partial charge in [-0.1, -0.05) is 6.07 Å². The summed E-state index contributed by atoms with van der Waals surface area (Å²) in [5.74, 6) is 0.969. The fraction of sp³-hybridized carbons (Fsp3) is 0.391. The molecule has 2 N–H and O–H groups in total. The van der Waals surface area contributed by atoms with Gasteiger partial charge in [-0.15, -0.1) is 11.3 Å². The second-order valence-corrected chi connectivity index (χ2v) is 10.1. The van der Waals surface area contributed by atoms with Crippen molar-refractivity contribution in [1.29, 1.82) is 0 Å². The summed E-state index contributed by atoms with van der Waals surface area (Å²) in [7, 11) is 0. The Morgan fingerprint density at radius 3 is 3.03 bits per heavy atom. The fourth-order valence-electron chi connectivity index (χ4n) is 4.92. The van der Waals surface area contributed by atoms with Crippen LogP contribution in [-0.2, 0) is 24.2 Å². The first-order chi connectivity index (χ1) is 15.0. The number of aliphatic imine (C=N–C) groups is 1. The van der Waals surface area contributed by atoms with Crippen LogP contribution in [0, 0.1) is 5.92 Å². The van der Waals surface area contributed by atoms with Crippen LogP contribution in [0.5, 0.6) is 0 Å². The molecule has 0 saturated carbocycles. The third kappa shape index (κ3) is 3.21. The van der Waals surface area contributed by atoms with Gasteiger partial charge in [-0.25, -0.2) is 9.97 Å². The number of rotatable bonds is 3. The molecule has 0 bridgehead atoms. The van der Waals surface area contributed by atoms with Crippen molar-refractivity contribution in [2.45, 2.75) is 38.3 Å². The minimum atomic E-state index is -0.729. The van der Waals surface area contributed by atoms with Crippen molar-refractivity contribution in [3.05, 3.63) is 46.1 Å². The van der Waals surface area contributed by atoms with Crippen LogP contribution in [-0.4, -0.2) is 50.8 Å². The Morgan fingerprint density at radius 1 is 1.32 bits per heavy atom. The van der Waals surface area contributed by atoms with E-state index in [-0.39, 0.29) is 11.8 Å². The number of hydrogen-bond acceptors (Lipinski definition) is 7. The summed E-state index contributed by atoms with van der Waals surface area (Å²) < 4.78 is 0. The molecule has 8 heteroatoms.